The first-order valence-electron chi connectivity index (χ1n) is 4.92. The molecule has 84 valence electrons. The maximum Gasteiger partial charge on any atom is 0.201 e. The second kappa shape index (κ2) is 5.64. The van der Waals surface area contributed by atoms with Gasteiger partial charge in [-0.05, 0) is 25.0 Å². The van der Waals surface area contributed by atoms with Crippen LogP contribution in [0.5, 0.6) is 0 Å². The fourth-order valence-electron chi connectivity index (χ4n) is 1.06. The van der Waals surface area contributed by atoms with Crippen molar-refractivity contribution >= 4 is 28.7 Å². The van der Waals surface area contributed by atoms with Crippen LogP contribution in [-0.2, 0) is 4.74 Å². The minimum absolute atomic E-state index is 0.00699. The maximum absolute atomic E-state index is 11.8. The molecule has 0 fully saturated rings. The van der Waals surface area contributed by atoms with Crippen molar-refractivity contribution in [3.8, 4) is 0 Å². The van der Waals surface area contributed by atoms with E-state index in [0.29, 0.717) is 21.7 Å². The number of ketones is 1. The van der Waals surface area contributed by atoms with Gasteiger partial charge < -0.3 is 4.74 Å². The zero-order valence-corrected chi connectivity index (χ0v) is 10.7. The van der Waals surface area contributed by atoms with Gasteiger partial charge in [0.1, 0.15) is 6.10 Å². The minimum atomic E-state index is -0.387. The number of carbonyl (C=O) groups excluding carboxylic acids is 1. The van der Waals surface area contributed by atoms with E-state index < -0.39 is 0 Å². The number of carbonyl (C=O) groups is 1. The Labute approximate surface area is 99.2 Å². The highest BCUT2D eigenvalue weighted by atomic mass is 35.5. The molecule has 2 nitrogen and oxygen atoms in total. The zero-order valence-electron chi connectivity index (χ0n) is 9.12. The third kappa shape index (κ3) is 3.93. The molecule has 0 aromatic carbocycles. The summed E-state index contributed by atoms with van der Waals surface area (Å²) in [7, 11) is 0. The molecule has 0 N–H and O–H groups in total. The molecule has 1 heterocycles. The molecule has 4 heteroatoms. The molecule has 0 bridgehead atoms. The Kier molecular flexibility index (Phi) is 4.77. The first-order valence-corrected chi connectivity index (χ1v) is 6.11. The summed E-state index contributed by atoms with van der Waals surface area (Å²) in [5, 5.41) is 0. The summed E-state index contributed by atoms with van der Waals surface area (Å²) in [5.74, 6) is 0.444. The average molecular weight is 247 g/mol. The summed E-state index contributed by atoms with van der Waals surface area (Å²) >= 11 is 7.06. The Morgan fingerprint density at radius 1 is 1.47 bits per heavy atom. The van der Waals surface area contributed by atoms with Crippen LogP contribution in [0.3, 0.4) is 0 Å². The Morgan fingerprint density at radius 2 is 2.13 bits per heavy atom. The first kappa shape index (κ1) is 12.7. The molecule has 0 amide bonds. The van der Waals surface area contributed by atoms with Crippen LogP contribution < -0.4 is 0 Å². The number of halogens is 1. The molecule has 0 radical (unpaired) electrons. The SMILES string of the molecule is CC(C)COC(C)C(=O)c1ccc(Cl)s1. The highest BCUT2D eigenvalue weighted by Crippen LogP contribution is 2.23. The predicted octanol–water partition coefficient (Wildman–Crippen LogP) is 3.65. The normalized spacial score (nSPS) is 13.1. The van der Waals surface area contributed by atoms with Crippen molar-refractivity contribution in [1.82, 2.24) is 0 Å². The lowest BCUT2D eigenvalue weighted by Gasteiger charge is -2.12. The van der Waals surface area contributed by atoms with Crippen molar-refractivity contribution < 1.29 is 9.53 Å². The van der Waals surface area contributed by atoms with Gasteiger partial charge in [0.25, 0.3) is 0 Å². The second-order valence-corrected chi connectivity index (χ2v) is 5.55. The Balaban J connectivity index is 2.53. The van der Waals surface area contributed by atoms with Gasteiger partial charge in [0.15, 0.2) is 0 Å². The van der Waals surface area contributed by atoms with Crippen molar-refractivity contribution in [3.63, 3.8) is 0 Å². The second-order valence-electron chi connectivity index (χ2n) is 3.84. The van der Waals surface area contributed by atoms with Gasteiger partial charge in [0.05, 0.1) is 9.21 Å². The van der Waals surface area contributed by atoms with Crippen LogP contribution in [-0.4, -0.2) is 18.5 Å². The third-order valence-corrected chi connectivity index (χ3v) is 3.11. The van der Waals surface area contributed by atoms with Crippen LogP contribution in [0.2, 0.25) is 4.34 Å². The van der Waals surface area contributed by atoms with E-state index >= 15 is 0 Å². The van der Waals surface area contributed by atoms with Gasteiger partial charge in [-0.25, -0.2) is 0 Å². The van der Waals surface area contributed by atoms with Crippen LogP contribution in [0.15, 0.2) is 12.1 Å². The molecule has 0 saturated carbocycles. The summed E-state index contributed by atoms with van der Waals surface area (Å²) < 4.78 is 6.08. The van der Waals surface area contributed by atoms with Gasteiger partial charge >= 0.3 is 0 Å². The van der Waals surface area contributed by atoms with Crippen molar-refractivity contribution in [2.45, 2.75) is 26.9 Å². The number of hydrogen-bond donors (Lipinski definition) is 0. The number of ether oxygens (including phenoxy) is 1. The highest BCUT2D eigenvalue weighted by molar-refractivity contribution is 7.18. The summed E-state index contributed by atoms with van der Waals surface area (Å²) in [6.45, 7) is 6.49. The molecule has 1 unspecified atom stereocenters. The molecule has 0 aliphatic carbocycles. The molecule has 0 aliphatic heterocycles. The average Bonchev–Trinajstić information content (AvgIpc) is 2.60. The van der Waals surface area contributed by atoms with Crippen LogP contribution in [0.1, 0.15) is 30.4 Å². The smallest absolute Gasteiger partial charge is 0.201 e. The lowest BCUT2D eigenvalue weighted by atomic mass is 10.2. The van der Waals surface area contributed by atoms with Gasteiger partial charge in [0.2, 0.25) is 5.78 Å². The summed E-state index contributed by atoms with van der Waals surface area (Å²) in [6, 6.07) is 3.47. The molecule has 1 aromatic rings. The van der Waals surface area contributed by atoms with Gasteiger partial charge in [-0.3, -0.25) is 4.79 Å². The summed E-state index contributed by atoms with van der Waals surface area (Å²) in [6.07, 6.45) is -0.387. The number of thiophene rings is 1. The highest BCUT2D eigenvalue weighted by Gasteiger charge is 2.17. The molecule has 1 aromatic heterocycles. The topological polar surface area (TPSA) is 26.3 Å². The van der Waals surface area contributed by atoms with Crippen LogP contribution in [0, 0.1) is 5.92 Å². The van der Waals surface area contributed by atoms with E-state index in [1.165, 1.54) is 11.3 Å². The lowest BCUT2D eigenvalue weighted by molar-refractivity contribution is 0.0389. The van der Waals surface area contributed by atoms with E-state index in [0.717, 1.165) is 0 Å². The maximum atomic E-state index is 11.8. The molecule has 15 heavy (non-hydrogen) atoms. The Bertz CT molecular complexity index is 333. The summed E-state index contributed by atoms with van der Waals surface area (Å²) in [5.41, 5.74) is 0. The number of hydrogen-bond acceptors (Lipinski definition) is 3. The zero-order chi connectivity index (χ0) is 11.4. The quantitative estimate of drug-likeness (QED) is 0.742. The molecule has 0 saturated heterocycles. The van der Waals surface area contributed by atoms with E-state index in [9.17, 15) is 4.79 Å². The lowest BCUT2D eigenvalue weighted by Crippen LogP contribution is -2.22. The van der Waals surface area contributed by atoms with E-state index in [2.05, 4.69) is 13.8 Å². The Morgan fingerprint density at radius 3 is 2.60 bits per heavy atom. The molecular formula is C11H15ClO2S. The predicted molar refractivity (Wildman–Crippen MR) is 63.9 cm³/mol. The molecule has 0 aliphatic rings. The third-order valence-electron chi connectivity index (χ3n) is 1.86. The van der Waals surface area contributed by atoms with Crippen LogP contribution in [0.25, 0.3) is 0 Å². The van der Waals surface area contributed by atoms with E-state index in [4.69, 9.17) is 16.3 Å². The monoisotopic (exact) mass is 246 g/mol. The van der Waals surface area contributed by atoms with Crippen LogP contribution in [0.4, 0.5) is 0 Å². The van der Waals surface area contributed by atoms with E-state index in [-0.39, 0.29) is 11.9 Å². The van der Waals surface area contributed by atoms with Gasteiger partial charge in [-0.1, -0.05) is 25.4 Å². The largest absolute Gasteiger partial charge is 0.370 e. The van der Waals surface area contributed by atoms with Gasteiger partial charge in [-0.15, -0.1) is 11.3 Å². The fourth-order valence-corrected chi connectivity index (χ4v) is 2.12. The molecule has 1 atom stereocenters. The van der Waals surface area contributed by atoms with Crippen LogP contribution >= 0.6 is 22.9 Å². The van der Waals surface area contributed by atoms with Crippen molar-refractivity contribution in [3.05, 3.63) is 21.3 Å². The molecular weight excluding hydrogens is 232 g/mol. The standard InChI is InChI=1S/C11H15ClO2S/c1-7(2)6-14-8(3)11(13)9-4-5-10(12)15-9/h4-5,7-8H,6H2,1-3H3. The fraction of sp³-hybridized carbons (Fsp3) is 0.545. The number of Topliss-reactive ketones (excluding diaryl/α,β-unsaturated/α-hetero) is 1. The van der Waals surface area contributed by atoms with Gasteiger partial charge in [-0.2, -0.15) is 0 Å². The van der Waals surface area contributed by atoms with E-state index in [1.807, 2.05) is 0 Å². The van der Waals surface area contributed by atoms with Crippen molar-refractivity contribution in [1.29, 1.82) is 0 Å². The summed E-state index contributed by atoms with van der Waals surface area (Å²) in [4.78, 5) is 12.5. The molecule has 1 rings (SSSR count). The number of rotatable bonds is 5. The minimum Gasteiger partial charge on any atom is -0.370 e. The molecule has 0 spiro atoms. The Hall–Kier alpha value is -0.380. The van der Waals surface area contributed by atoms with E-state index in [1.54, 1.807) is 19.1 Å². The van der Waals surface area contributed by atoms with Crippen molar-refractivity contribution in [2.75, 3.05) is 6.61 Å². The van der Waals surface area contributed by atoms with Gasteiger partial charge in [0, 0.05) is 6.61 Å². The first-order chi connectivity index (χ1) is 7.00. The van der Waals surface area contributed by atoms with Crippen molar-refractivity contribution in [2.24, 2.45) is 5.92 Å².